The largest absolute Gasteiger partial charge is 0.487 e. The van der Waals surface area contributed by atoms with Crippen molar-refractivity contribution in [2.24, 2.45) is 0 Å². The molecule has 2 aromatic rings. The van der Waals surface area contributed by atoms with Gasteiger partial charge < -0.3 is 15.4 Å². The first-order chi connectivity index (χ1) is 11.6. The quantitative estimate of drug-likeness (QED) is 0.924. The monoisotopic (exact) mass is 342 g/mol. The number of amides is 1. The lowest BCUT2D eigenvalue weighted by Crippen LogP contribution is -2.26. The highest BCUT2D eigenvalue weighted by molar-refractivity contribution is 5.96. The van der Waals surface area contributed by atoms with Crippen molar-refractivity contribution >= 4 is 11.9 Å². The molecule has 0 aliphatic heterocycles. The highest BCUT2D eigenvalue weighted by atomic mass is 16.5. The Balaban J connectivity index is 2.38. The van der Waals surface area contributed by atoms with Crippen molar-refractivity contribution in [2.75, 3.05) is 19.8 Å². The fourth-order valence-corrected chi connectivity index (χ4v) is 2.62. The lowest BCUT2D eigenvalue weighted by molar-refractivity contribution is 0.0823. The number of carbonyl (C=O) groups excluding carboxylic acids is 1. The third-order valence-corrected chi connectivity index (χ3v) is 3.86. The molecule has 1 amide bonds. The van der Waals surface area contributed by atoms with Crippen LogP contribution < -0.4 is 10.5 Å². The predicted molar refractivity (Wildman–Crippen MR) is 98.7 cm³/mol. The van der Waals surface area contributed by atoms with E-state index >= 15 is 0 Å². The van der Waals surface area contributed by atoms with Crippen molar-refractivity contribution in [2.45, 2.75) is 39.7 Å². The molecule has 0 saturated carbocycles. The molecule has 0 radical (unpaired) electrons. The van der Waals surface area contributed by atoms with Gasteiger partial charge in [0, 0.05) is 14.1 Å². The summed E-state index contributed by atoms with van der Waals surface area (Å²) in [6, 6.07) is 7.88. The zero-order valence-electron chi connectivity index (χ0n) is 15.8. The Morgan fingerprint density at radius 2 is 1.84 bits per heavy atom. The standard InChI is InChI=1S/C19H26N4O2/c1-12-16(17(24)23(5)6)14(22-18(20)21-12)11-25-15-10-8-7-9-13(15)19(2,3)4/h7-10H,11H2,1-6H3,(H2,20,21,22). The number of anilines is 1. The second-order valence-electron chi connectivity index (χ2n) is 7.22. The summed E-state index contributed by atoms with van der Waals surface area (Å²) in [5.74, 6) is 0.740. The minimum absolute atomic E-state index is 0.0561. The normalized spacial score (nSPS) is 11.3. The minimum Gasteiger partial charge on any atom is -0.487 e. The van der Waals surface area contributed by atoms with Crippen LogP contribution in [0.5, 0.6) is 5.75 Å². The smallest absolute Gasteiger partial charge is 0.257 e. The Hall–Kier alpha value is -2.63. The summed E-state index contributed by atoms with van der Waals surface area (Å²) in [5.41, 5.74) is 8.29. The van der Waals surface area contributed by atoms with Crippen LogP contribution in [-0.4, -0.2) is 34.9 Å². The molecule has 25 heavy (non-hydrogen) atoms. The number of hydrogen-bond donors (Lipinski definition) is 1. The summed E-state index contributed by atoms with van der Waals surface area (Å²) in [7, 11) is 3.38. The number of nitrogens with zero attached hydrogens (tertiary/aromatic N) is 3. The van der Waals surface area contributed by atoms with Crippen molar-refractivity contribution in [1.29, 1.82) is 0 Å². The number of ether oxygens (including phenoxy) is 1. The summed E-state index contributed by atoms with van der Waals surface area (Å²) in [6.45, 7) is 8.28. The first kappa shape index (κ1) is 18.7. The highest BCUT2D eigenvalue weighted by Crippen LogP contribution is 2.31. The van der Waals surface area contributed by atoms with Crippen molar-refractivity contribution in [3.05, 3.63) is 46.8 Å². The van der Waals surface area contributed by atoms with Crippen molar-refractivity contribution in [3.63, 3.8) is 0 Å². The van der Waals surface area contributed by atoms with Gasteiger partial charge in [-0.25, -0.2) is 9.97 Å². The van der Waals surface area contributed by atoms with Crippen LogP contribution >= 0.6 is 0 Å². The van der Waals surface area contributed by atoms with E-state index < -0.39 is 0 Å². The second-order valence-corrected chi connectivity index (χ2v) is 7.22. The number of hydrogen-bond acceptors (Lipinski definition) is 5. The average Bonchev–Trinajstić information content (AvgIpc) is 2.51. The predicted octanol–water partition coefficient (Wildman–Crippen LogP) is 2.95. The molecule has 1 aromatic heterocycles. The van der Waals surface area contributed by atoms with E-state index in [0.717, 1.165) is 11.3 Å². The first-order valence-electron chi connectivity index (χ1n) is 8.18. The summed E-state index contributed by atoms with van der Waals surface area (Å²) in [5, 5.41) is 0. The number of carbonyl (C=O) groups is 1. The lowest BCUT2D eigenvalue weighted by Gasteiger charge is -2.23. The molecular formula is C19H26N4O2. The van der Waals surface area contributed by atoms with Gasteiger partial charge in [-0.2, -0.15) is 0 Å². The number of aromatic nitrogens is 2. The number of aryl methyl sites for hydroxylation is 1. The fraction of sp³-hybridized carbons (Fsp3) is 0.421. The van der Waals surface area contributed by atoms with Gasteiger partial charge in [0.25, 0.3) is 5.91 Å². The number of nitrogens with two attached hydrogens (primary N) is 1. The van der Waals surface area contributed by atoms with E-state index in [0.29, 0.717) is 17.0 Å². The van der Waals surface area contributed by atoms with Crippen LogP contribution in [0.3, 0.4) is 0 Å². The molecule has 1 heterocycles. The number of benzene rings is 1. The molecule has 0 spiro atoms. The van der Waals surface area contributed by atoms with Gasteiger partial charge in [0.05, 0.1) is 17.0 Å². The highest BCUT2D eigenvalue weighted by Gasteiger charge is 2.22. The molecule has 0 fully saturated rings. The molecule has 6 heteroatoms. The first-order valence-corrected chi connectivity index (χ1v) is 8.18. The van der Waals surface area contributed by atoms with Crippen LogP contribution in [0.4, 0.5) is 5.95 Å². The number of nitrogen functional groups attached to an aromatic ring is 1. The zero-order chi connectivity index (χ0) is 18.8. The fourth-order valence-electron chi connectivity index (χ4n) is 2.62. The van der Waals surface area contributed by atoms with Gasteiger partial charge in [-0.15, -0.1) is 0 Å². The Morgan fingerprint density at radius 1 is 1.20 bits per heavy atom. The van der Waals surface area contributed by atoms with Gasteiger partial charge in [0.15, 0.2) is 0 Å². The van der Waals surface area contributed by atoms with Crippen LogP contribution in [0.2, 0.25) is 0 Å². The van der Waals surface area contributed by atoms with Gasteiger partial charge in [-0.1, -0.05) is 39.0 Å². The van der Waals surface area contributed by atoms with E-state index in [9.17, 15) is 4.79 Å². The molecule has 2 N–H and O–H groups in total. The van der Waals surface area contributed by atoms with Gasteiger partial charge in [0.1, 0.15) is 12.4 Å². The van der Waals surface area contributed by atoms with Gasteiger partial charge in [0.2, 0.25) is 5.95 Å². The summed E-state index contributed by atoms with van der Waals surface area (Å²) in [6.07, 6.45) is 0. The molecule has 0 aliphatic rings. The summed E-state index contributed by atoms with van der Waals surface area (Å²) in [4.78, 5) is 22.3. The Morgan fingerprint density at radius 3 is 2.44 bits per heavy atom. The third kappa shape index (κ3) is 4.26. The molecular weight excluding hydrogens is 316 g/mol. The van der Waals surface area contributed by atoms with Crippen LogP contribution in [0.25, 0.3) is 0 Å². The molecule has 6 nitrogen and oxygen atoms in total. The molecule has 1 aromatic carbocycles. The summed E-state index contributed by atoms with van der Waals surface area (Å²) < 4.78 is 6.01. The Kier molecular flexibility index (Phi) is 5.30. The van der Waals surface area contributed by atoms with Crippen LogP contribution in [0.1, 0.15) is 48.1 Å². The SMILES string of the molecule is Cc1nc(N)nc(COc2ccccc2C(C)(C)C)c1C(=O)N(C)C. The van der Waals surface area contributed by atoms with Gasteiger partial charge in [-0.3, -0.25) is 4.79 Å². The van der Waals surface area contributed by atoms with E-state index in [4.69, 9.17) is 10.5 Å². The second kappa shape index (κ2) is 7.09. The maximum Gasteiger partial charge on any atom is 0.257 e. The molecule has 0 aliphatic carbocycles. The maximum absolute atomic E-state index is 12.5. The van der Waals surface area contributed by atoms with E-state index in [2.05, 4.69) is 30.7 Å². The number of para-hydroxylation sites is 1. The van der Waals surface area contributed by atoms with Crippen LogP contribution in [0, 0.1) is 6.92 Å². The Bertz CT molecular complexity index is 779. The van der Waals surface area contributed by atoms with Gasteiger partial charge >= 0.3 is 0 Å². The molecule has 0 unspecified atom stereocenters. The average molecular weight is 342 g/mol. The van der Waals surface area contributed by atoms with Gasteiger partial charge in [-0.05, 0) is 24.0 Å². The van der Waals surface area contributed by atoms with Crippen molar-refractivity contribution in [3.8, 4) is 5.75 Å². The third-order valence-electron chi connectivity index (χ3n) is 3.86. The lowest BCUT2D eigenvalue weighted by atomic mass is 9.86. The summed E-state index contributed by atoms with van der Waals surface area (Å²) >= 11 is 0. The number of rotatable bonds is 4. The van der Waals surface area contributed by atoms with Crippen LogP contribution in [0.15, 0.2) is 24.3 Å². The van der Waals surface area contributed by atoms with E-state index in [1.54, 1.807) is 21.0 Å². The molecule has 0 bridgehead atoms. The molecule has 134 valence electrons. The van der Waals surface area contributed by atoms with Crippen molar-refractivity contribution in [1.82, 2.24) is 14.9 Å². The maximum atomic E-state index is 12.5. The molecule has 0 saturated heterocycles. The molecule has 0 atom stereocenters. The van der Waals surface area contributed by atoms with E-state index in [-0.39, 0.29) is 23.9 Å². The zero-order valence-corrected chi connectivity index (χ0v) is 15.8. The van der Waals surface area contributed by atoms with Crippen molar-refractivity contribution < 1.29 is 9.53 Å². The minimum atomic E-state index is -0.166. The Labute approximate surface area is 149 Å². The van der Waals surface area contributed by atoms with Crippen LogP contribution in [-0.2, 0) is 12.0 Å². The van der Waals surface area contributed by atoms with E-state index in [1.807, 2.05) is 24.3 Å². The van der Waals surface area contributed by atoms with E-state index in [1.165, 1.54) is 4.90 Å². The topological polar surface area (TPSA) is 81.3 Å². The molecule has 2 rings (SSSR count).